The van der Waals surface area contributed by atoms with Crippen LogP contribution in [-0.4, -0.2) is 26.9 Å². The molecule has 20 heavy (non-hydrogen) atoms. The normalized spacial score (nSPS) is 19.5. The molecule has 1 fully saturated rings. The van der Waals surface area contributed by atoms with Crippen LogP contribution in [0.1, 0.15) is 18.4 Å². The van der Waals surface area contributed by atoms with Gasteiger partial charge in [0.2, 0.25) is 0 Å². The highest BCUT2D eigenvalue weighted by atomic mass is 32.2. The summed E-state index contributed by atoms with van der Waals surface area (Å²) < 4.78 is 30.1. The molecule has 3 nitrogen and oxygen atoms in total. The van der Waals surface area contributed by atoms with Gasteiger partial charge in [0.05, 0.1) is 17.6 Å². The van der Waals surface area contributed by atoms with Crippen LogP contribution < -0.4 is 0 Å². The Hall–Kier alpha value is -1.39. The van der Waals surface area contributed by atoms with E-state index in [0.29, 0.717) is 6.61 Å². The first-order chi connectivity index (χ1) is 9.64. The molecule has 1 aliphatic rings. The molecular formula is C16H18O3S. The first-order valence-electron chi connectivity index (χ1n) is 6.93. The minimum Gasteiger partial charge on any atom is -0.377 e. The van der Waals surface area contributed by atoms with Gasteiger partial charge in [-0.05, 0) is 29.2 Å². The van der Waals surface area contributed by atoms with Crippen molar-refractivity contribution in [3.8, 4) is 0 Å². The molecule has 1 unspecified atom stereocenters. The molecule has 2 aromatic rings. The fourth-order valence-corrected chi connectivity index (χ4v) is 4.45. The summed E-state index contributed by atoms with van der Waals surface area (Å²) in [5.74, 6) is 0.227. The number of benzene rings is 2. The Morgan fingerprint density at radius 1 is 1.10 bits per heavy atom. The van der Waals surface area contributed by atoms with E-state index in [1.807, 2.05) is 42.5 Å². The van der Waals surface area contributed by atoms with E-state index < -0.39 is 9.84 Å². The first-order valence-corrected chi connectivity index (χ1v) is 8.75. The largest absolute Gasteiger partial charge is 0.377 e. The van der Waals surface area contributed by atoms with Crippen molar-refractivity contribution in [1.82, 2.24) is 0 Å². The molecule has 1 atom stereocenters. The average Bonchev–Trinajstić information content (AvgIpc) is 2.91. The van der Waals surface area contributed by atoms with Gasteiger partial charge >= 0.3 is 0 Å². The van der Waals surface area contributed by atoms with Crippen LogP contribution in [0.5, 0.6) is 0 Å². The maximum absolute atomic E-state index is 12.3. The molecule has 106 valence electrons. The van der Waals surface area contributed by atoms with Crippen molar-refractivity contribution < 1.29 is 13.2 Å². The lowest BCUT2D eigenvalue weighted by atomic mass is 10.1. The lowest BCUT2D eigenvalue weighted by Crippen LogP contribution is -2.21. The van der Waals surface area contributed by atoms with E-state index in [0.717, 1.165) is 29.2 Å². The Morgan fingerprint density at radius 2 is 1.90 bits per heavy atom. The van der Waals surface area contributed by atoms with Crippen molar-refractivity contribution in [2.24, 2.45) is 0 Å². The summed E-state index contributed by atoms with van der Waals surface area (Å²) in [4.78, 5) is 0. The van der Waals surface area contributed by atoms with E-state index >= 15 is 0 Å². The monoisotopic (exact) mass is 290 g/mol. The predicted octanol–water partition coefficient (Wildman–Crippen LogP) is 2.93. The van der Waals surface area contributed by atoms with E-state index in [1.165, 1.54) is 0 Å². The summed E-state index contributed by atoms with van der Waals surface area (Å²) in [6.07, 6.45) is 1.71. The third-order valence-corrected chi connectivity index (χ3v) is 5.35. The molecule has 0 radical (unpaired) electrons. The summed E-state index contributed by atoms with van der Waals surface area (Å²) in [6.45, 7) is 0.689. The van der Waals surface area contributed by atoms with Gasteiger partial charge in [0.15, 0.2) is 9.84 Å². The van der Waals surface area contributed by atoms with Crippen molar-refractivity contribution in [1.29, 1.82) is 0 Å². The Morgan fingerprint density at radius 3 is 2.70 bits per heavy atom. The average molecular weight is 290 g/mol. The molecule has 3 rings (SSSR count). The van der Waals surface area contributed by atoms with Crippen LogP contribution in [-0.2, 0) is 20.3 Å². The number of sulfone groups is 1. The van der Waals surface area contributed by atoms with Crippen LogP contribution in [0.2, 0.25) is 0 Å². The van der Waals surface area contributed by atoms with Crippen molar-refractivity contribution in [2.45, 2.75) is 24.7 Å². The summed E-state index contributed by atoms with van der Waals surface area (Å²) in [5.41, 5.74) is 0.876. The number of hydrogen-bond acceptors (Lipinski definition) is 3. The van der Waals surface area contributed by atoms with Crippen molar-refractivity contribution in [3.63, 3.8) is 0 Å². The molecule has 0 amide bonds. The topological polar surface area (TPSA) is 43.4 Å². The van der Waals surface area contributed by atoms with Gasteiger partial charge in [0.25, 0.3) is 0 Å². The molecule has 0 N–H and O–H groups in total. The zero-order valence-electron chi connectivity index (χ0n) is 11.3. The molecule has 1 heterocycles. The van der Waals surface area contributed by atoms with Crippen molar-refractivity contribution in [3.05, 3.63) is 48.0 Å². The first kappa shape index (κ1) is 13.6. The highest BCUT2D eigenvalue weighted by molar-refractivity contribution is 7.90. The van der Waals surface area contributed by atoms with Gasteiger partial charge in [-0.1, -0.05) is 42.5 Å². The zero-order valence-corrected chi connectivity index (χ0v) is 12.1. The van der Waals surface area contributed by atoms with Gasteiger partial charge in [0.1, 0.15) is 0 Å². The van der Waals surface area contributed by atoms with E-state index in [-0.39, 0.29) is 17.6 Å². The number of fused-ring (bicyclic) bond motifs is 1. The van der Waals surface area contributed by atoms with Gasteiger partial charge < -0.3 is 4.74 Å². The maximum Gasteiger partial charge on any atom is 0.157 e. The third-order valence-electron chi connectivity index (χ3n) is 3.72. The number of rotatable bonds is 4. The molecule has 0 spiro atoms. The Kier molecular flexibility index (Phi) is 3.76. The molecular weight excluding hydrogens is 272 g/mol. The van der Waals surface area contributed by atoms with Gasteiger partial charge in [-0.15, -0.1) is 0 Å². The summed E-state index contributed by atoms with van der Waals surface area (Å²) in [6, 6.07) is 13.7. The smallest absolute Gasteiger partial charge is 0.157 e. The Labute approximate surface area is 119 Å². The van der Waals surface area contributed by atoms with Crippen LogP contribution in [0.15, 0.2) is 42.5 Å². The fraction of sp³-hybridized carbons (Fsp3) is 0.375. The molecule has 0 bridgehead atoms. The Balaban J connectivity index is 1.85. The minimum absolute atomic E-state index is 0.0915. The van der Waals surface area contributed by atoms with E-state index in [4.69, 9.17) is 4.74 Å². The zero-order chi connectivity index (χ0) is 14.0. The second-order valence-electron chi connectivity index (χ2n) is 5.33. The molecule has 0 aromatic heterocycles. The second-order valence-corrected chi connectivity index (χ2v) is 7.44. The molecule has 0 aliphatic carbocycles. The van der Waals surface area contributed by atoms with Crippen LogP contribution in [0.25, 0.3) is 10.8 Å². The standard InChI is InChI=1S/C16H18O3S/c17-20(18,12-15-8-4-10-19-15)11-14-7-3-6-13-5-1-2-9-16(13)14/h1-3,5-7,9,15H,4,8,10-12H2. The molecule has 1 saturated heterocycles. The molecule has 4 heteroatoms. The van der Waals surface area contributed by atoms with Gasteiger partial charge in [-0.25, -0.2) is 8.42 Å². The number of hydrogen-bond donors (Lipinski definition) is 0. The molecule has 0 saturated carbocycles. The summed E-state index contributed by atoms with van der Waals surface area (Å²) >= 11 is 0. The van der Waals surface area contributed by atoms with Crippen LogP contribution >= 0.6 is 0 Å². The quantitative estimate of drug-likeness (QED) is 0.869. The van der Waals surface area contributed by atoms with Crippen LogP contribution in [0.4, 0.5) is 0 Å². The third kappa shape index (κ3) is 3.02. The van der Waals surface area contributed by atoms with Crippen LogP contribution in [0.3, 0.4) is 0 Å². The highest BCUT2D eigenvalue weighted by Gasteiger charge is 2.23. The van der Waals surface area contributed by atoms with Crippen LogP contribution in [0, 0.1) is 0 Å². The molecule has 1 aliphatic heterocycles. The number of ether oxygens (including phenoxy) is 1. The summed E-state index contributed by atoms with van der Waals surface area (Å²) in [7, 11) is -3.13. The van der Waals surface area contributed by atoms with Gasteiger partial charge in [-0.2, -0.15) is 0 Å². The fourth-order valence-electron chi connectivity index (χ4n) is 2.77. The van der Waals surface area contributed by atoms with Gasteiger partial charge in [-0.3, -0.25) is 0 Å². The SMILES string of the molecule is O=S(=O)(Cc1cccc2ccccc12)CC1CCCO1. The minimum atomic E-state index is -3.13. The lowest BCUT2D eigenvalue weighted by molar-refractivity contribution is 0.127. The Bertz CT molecular complexity index is 695. The molecule has 2 aromatic carbocycles. The highest BCUT2D eigenvalue weighted by Crippen LogP contribution is 2.22. The van der Waals surface area contributed by atoms with E-state index in [9.17, 15) is 8.42 Å². The lowest BCUT2D eigenvalue weighted by Gasteiger charge is -2.11. The summed E-state index contributed by atoms with van der Waals surface area (Å²) in [5, 5.41) is 2.10. The van der Waals surface area contributed by atoms with Gasteiger partial charge in [0, 0.05) is 6.61 Å². The van der Waals surface area contributed by atoms with Crippen molar-refractivity contribution in [2.75, 3.05) is 12.4 Å². The van der Waals surface area contributed by atoms with E-state index in [1.54, 1.807) is 0 Å². The van der Waals surface area contributed by atoms with E-state index in [2.05, 4.69) is 0 Å². The maximum atomic E-state index is 12.3. The van der Waals surface area contributed by atoms with Crippen molar-refractivity contribution >= 4 is 20.6 Å². The predicted molar refractivity (Wildman–Crippen MR) is 80.4 cm³/mol. The second kappa shape index (κ2) is 5.54.